The van der Waals surface area contributed by atoms with Gasteiger partial charge >= 0.3 is 0 Å². The molecule has 0 aliphatic heterocycles. The van der Waals surface area contributed by atoms with Gasteiger partial charge in [0.15, 0.2) is 5.52 Å². The molecule has 0 bridgehead atoms. The van der Waals surface area contributed by atoms with E-state index in [2.05, 4.69) is 31.8 Å². The Balaban J connectivity index is 2.43. The van der Waals surface area contributed by atoms with Gasteiger partial charge < -0.3 is 0 Å². The summed E-state index contributed by atoms with van der Waals surface area (Å²) in [6.07, 6.45) is 0. The first-order chi connectivity index (χ1) is 9.00. The van der Waals surface area contributed by atoms with E-state index in [-0.39, 0.29) is 0 Å². The van der Waals surface area contributed by atoms with E-state index < -0.39 is 15.2 Å². The van der Waals surface area contributed by atoms with Crippen molar-refractivity contribution in [3.05, 3.63) is 66.2 Å². The maximum atomic E-state index is 12.9. The molecule has 0 spiro atoms. The third-order valence-electron chi connectivity index (χ3n) is 2.91. The SMILES string of the molecule is C[Si](C)(C)P(C(=O)c1ccccc1)c1ccccc1. The summed E-state index contributed by atoms with van der Waals surface area (Å²) in [5, 5.41) is 1.21. The second kappa shape index (κ2) is 5.81. The number of benzene rings is 2. The number of rotatable bonds is 4. The highest BCUT2D eigenvalue weighted by Crippen LogP contribution is 2.48. The summed E-state index contributed by atoms with van der Waals surface area (Å²) in [6.45, 7) is 6.85. The lowest BCUT2D eigenvalue weighted by Crippen LogP contribution is -2.28. The first-order valence-corrected chi connectivity index (χ1v) is 12.1. The van der Waals surface area contributed by atoms with Gasteiger partial charge in [-0.1, -0.05) is 80.3 Å². The average Bonchev–Trinajstić information content (AvgIpc) is 2.39. The van der Waals surface area contributed by atoms with Gasteiger partial charge in [0.1, 0.15) is 0 Å². The zero-order valence-electron chi connectivity index (χ0n) is 11.6. The van der Waals surface area contributed by atoms with Gasteiger partial charge in [0.2, 0.25) is 0 Å². The fourth-order valence-electron chi connectivity index (χ4n) is 2.10. The zero-order chi connectivity index (χ0) is 13.9. The van der Waals surface area contributed by atoms with Crippen LogP contribution in [0.15, 0.2) is 60.7 Å². The Morgan fingerprint density at radius 1 is 0.842 bits per heavy atom. The summed E-state index contributed by atoms with van der Waals surface area (Å²) in [7, 11) is -2.29. The molecule has 0 aliphatic rings. The lowest BCUT2D eigenvalue weighted by molar-refractivity contribution is 0.108. The number of carbonyl (C=O) groups is 1. The van der Waals surface area contributed by atoms with Crippen molar-refractivity contribution in [3.8, 4) is 0 Å². The van der Waals surface area contributed by atoms with Crippen LogP contribution in [0, 0.1) is 0 Å². The minimum absolute atomic E-state index is 0.320. The molecule has 0 N–H and O–H groups in total. The van der Waals surface area contributed by atoms with Crippen LogP contribution in [-0.4, -0.2) is 13.3 Å². The molecule has 1 atom stereocenters. The van der Waals surface area contributed by atoms with Gasteiger partial charge in [0.25, 0.3) is 0 Å². The third kappa shape index (κ3) is 3.40. The zero-order valence-corrected chi connectivity index (χ0v) is 13.5. The average molecular weight is 286 g/mol. The van der Waals surface area contributed by atoms with E-state index in [1.807, 2.05) is 48.5 Å². The molecule has 2 aromatic carbocycles. The first kappa shape index (κ1) is 14.2. The maximum Gasteiger partial charge on any atom is 0.184 e. The Labute approximate surface area is 117 Å². The van der Waals surface area contributed by atoms with Crippen molar-refractivity contribution < 1.29 is 4.79 Å². The summed E-state index contributed by atoms with van der Waals surface area (Å²) in [6, 6.07) is 20.0. The van der Waals surface area contributed by atoms with Crippen molar-refractivity contribution in [1.82, 2.24) is 0 Å². The molecule has 0 fully saturated rings. The van der Waals surface area contributed by atoms with Crippen LogP contribution in [0.2, 0.25) is 19.6 Å². The minimum atomic E-state index is -1.56. The van der Waals surface area contributed by atoms with Crippen LogP contribution in [0.3, 0.4) is 0 Å². The standard InChI is InChI=1S/C16H19OPSi/c1-19(2,3)18(15-12-8-5-9-13-15)16(17)14-10-6-4-7-11-14/h4-13H,1-3H3. The minimum Gasteiger partial charge on any atom is -0.289 e. The molecule has 0 heterocycles. The second-order valence-corrected chi connectivity index (χ2v) is 16.8. The van der Waals surface area contributed by atoms with Gasteiger partial charge in [-0.3, -0.25) is 4.79 Å². The third-order valence-corrected chi connectivity index (χ3v) is 11.1. The van der Waals surface area contributed by atoms with Crippen molar-refractivity contribution >= 4 is 26.0 Å². The molecule has 0 amide bonds. The van der Waals surface area contributed by atoms with Crippen LogP contribution in [-0.2, 0) is 0 Å². The highest BCUT2D eigenvalue weighted by Gasteiger charge is 2.34. The Hall–Kier alpha value is -1.24. The summed E-state index contributed by atoms with van der Waals surface area (Å²) in [4.78, 5) is 12.9. The summed E-state index contributed by atoms with van der Waals surface area (Å²) < 4.78 is 0. The molecular weight excluding hydrogens is 267 g/mol. The molecular formula is C16H19OPSi. The second-order valence-electron chi connectivity index (χ2n) is 5.51. The largest absolute Gasteiger partial charge is 0.289 e. The molecule has 2 rings (SSSR count). The lowest BCUT2D eigenvalue weighted by atomic mass is 10.2. The predicted octanol–water partition coefficient (Wildman–Crippen LogP) is 4.47. The van der Waals surface area contributed by atoms with Crippen molar-refractivity contribution in [2.24, 2.45) is 0 Å². The highest BCUT2D eigenvalue weighted by molar-refractivity contribution is 8.10. The van der Waals surface area contributed by atoms with Crippen molar-refractivity contribution in [2.75, 3.05) is 0 Å². The Kier molecular flexibility index (Phi) is 4.33. The highest BCUT2D eigenvalue weighted by atomic mass is 31.4. The van der Waals surface area contributed by atoms with Gasteiger partial charge in [-0.2, -0.15) is 0 Å². The van der Waals surface area contributed by atoms with Crippen LogP contribution < -0.4 is 5.30 Å². The van der Waals surface area contributed by atoms with Crippen LogP contribution in [0.1, 0.15) is 10.4 Å². The summed E-state index contributed by atoms with van der Waals surface area (Å²) in [5.74, 6) is 0. The summed E-state index contributed by atoms with van der Waals surface area (Å²) >= 11 is 0. The smallest absolute Gasteiger partial charge is 0.184 e. The number of hydrogen-bond acceptors (Lipinski definition) is 1. The van der Waals surface area contributed by atoms with E-state index in [0.717, 1.165) is 5.56 Å². The van der Waals surface area contributed by atoms with Crippen LogP contribution in [0.5, 0.6) is 0 Å². The molecule has 2 aromatic rings. The number of hydrogen-bond donors (Lipinski definition) is 0. The Morgan fingerprint density at radius 2 is 1.32 bits per heavy atom. The molecule has 0 radical (unpaired) electrons. The quantitative estimate of drug-likeness (QED) is 0.598. The first-order valence-electron chi connectivity index (χ1n) is 6.45. The van der Waals surface area contributed by atoms with Gasteiger partial charge in [0, 0.05) is 5.56 Å². The number of carbonyl (C=O) groups excluding carboxylic acids is 1. The topological polar surface area (TPSA) is 17.1 Å². The van der Waals surface area contributed by atoms with E-state index >= 15 is 0 Å². The van der Waals surface area contributed by atoms with Crippen molar-refractivity contribution in [3.63, 3.8) is 0 Å². The Bertz CT molecular complexity index is 546. The predicted molar refractivity (Wildman–Crippen MR) is 87.1 cm³/mol. The summed E-state index contributed by atoms with van der Waals surface area (Å²) in [5.41, 5.74) is 1.17. The van der Waals surface area contributed by atoms with Crippen molar-refractivity contribution in [2.45, 2.75) is 19.6 Å². The monoisotopic (exact) mass is 286 g/mol. The fourth-order valence-corrected chi connectivity index (χ4v) is 9.58. The molecule has 0 saturated heterocycles. The lowest BCUT2D eigenvalue weighted by Gasteiger charge is -2.28. The fraction of sp³-hybridized carbons (Fsp3) is 0.188. The van der Waals surface area contributed by atoms with E-state index in [9.17, 15) is 4.79 Å². The maximum absolute atomic E-state index is 12.9. The van der Waals surface area contributed by atoms with E-state index in [1.54, 1.807) is 0 Å². The van der Waals surface area contributed by atoms with E-state index in [4.69, 9.17) is 0 Å². The molecule has 19 heavy (non-hydrogen) atoms. The van der Waals surface area contributed by atoms with Crippen LogP contribution in [0.25, 0.3) is 0 Å². The van der Waals surface area contributed by atoms with E-state index in [1.165, 1.54) is 5.30 Å². The molecule has 1 nitrogen and oxygen atoms in total. The van der Waals surface area contributed by atoms with Gasteiger partial charge in [-0.15, -0.1) is 0 Å². The van der Waals surface area contributed by atoms with Crippen LogP contribution >= 0.6 is 7.47 Å². The van der Waals surface area contributed by atoms with Gasteiger partial charge in [0.05, 0.1) is 7.74 Å². The molecule has 0 aromatic heterocycles. The van der Waals surface area contributed by atoms with E-state index in [0.29, 0.717) is 5.52 Å². The molecule has 3 heteroatoms. The van der Waals surface area contributed by atoms with Gasteiger partial charge in [-0.25, -0.2) is 0 Å². The molecule has 0 saturated carbocycles. The van der Waals surface area contributed by atoms with Crippen LogP contribution in [0.4, 0.5) is 0 Å². The van der Waals surface area contributed by atoms with Crippen molar-refractivity contribution in [1.29, 1.82) is 0 Å². The normalized spacial score (nSPS) is 13.0. The molecule has 98 valence electrons. The molecule has 1 unspecified atom stereocenters. The molecule has 0 aliphatic carbocycles. The Morgan fingerprint density at radius 3 is 1.79 bits per heavy atom. The van der Waals surface area contributed by atoms with Gasteiger partial charge in [-0.05, 0) is 12.8 Å².